The van der Waals surface area contributed by atoms with Gasteiger partial charge < -0.3 is 4.84 Å². The fourth-order valence-electron chi connectivity index (χ4n) is 4.78. The largest absolute Gasteiger partial charge is 0.338 e. The molecule has 0 spiro atoms. The number of anilines is 1. The second-order valence-corrected chi connectivity index (χ2v) is 10.3. The van der Waals surface area contributed by atoms with Gasteiger partial charge in [-0.25, -0.2) is 4.79 Å². The predicted molar refractivity (Wildman–Crippen MR) is 123 cm³/mol. The molecule has 1 aromatic carbocycles. The Morgan fingerprint density at radius 2 is 1.52 bits per heavy atom. The topological polar surface area (TPSA) is 84.0 Å². The lowest BCUT2D eigenvalue weighted by molar-refractivity contribution is -0.204. The Bertz CT molecular complexity index is 1060. The third-order valence-corrected chi connectivity index (χ3v) is 6.69. The van der Waals surface area contributed by atoms with E-state index in [0.717, 1.165) is 29.8 Å². The highest BCUT2D eigenvalue weighted by molar-refractivity contribution is 6.08. The number of carbonyl (C=O) groups is 4. The fraction of sp³-hybridized carbons (Fsp3) is 0.462. The second kappa shape index (κ2) is 8.28. The van der Waals surface area contributed by atoms with Crippen LogP contribution in [0.2, 0.25) is 0 Å². The van der Waals surface area contributed by atoms with Crippen LogP contribution in [0.1, 0.15) is 71.8 Å². The van der Waals surface area contributed by atoms with Crippen LogP contribution in [0.3, 0.4) is 0 Å². The van der Waals surface area contributed by atoms with Crippen molar-refractivity contribution in [2.75, 3.05) is 4.90 Å². The molecule has 0 unspecified atom stereocenters. The smallest absolute Gasteiger partial charge is 0.330 e. The van der Waals surface area contributed by atoms with Crippen LogP contribution >= 0.6 is 0 Å². The van der Waals surface area contributed by atoms with Crippen LogP contribution in [0.4, 0.5) is 5.69 Å². The normalized spacial score (nSPS) is 19.0. The molecule has 7 nitrogen and oxygen atoms in total. The van der Waals surface area contributed by atoms with Crippen LogP contribution in [0.15, 0.2) is 47.7 Å². The highest BCUT2D eigenvalue weighted by atomic mass is 16.7. The minimum Gasteiger partial charge on any atom is -0.330 e. The lowest BCUT2D eigenvalue weighted by Gasteiger charge is -2.34. The lowest BCUT2D eigenvalue weighted by Crippen LogP contribution is -2.40. The molecule has 0 atom stereocenters. The van der Waals surface area contributed by atoms with E-state index in [1.54, 1.807) is 24.8 Å². The SMILES string of the molecule is CC(C)(CC(C)(C)c1ccc(N2C(=O)C=CC2=C2CCC2)cc1)C(=O)ON1C(=O)CCC1=O. The molecule has 2 heterocycles. The van der Waals surface area contributed by atoms with E-state index in [2.05, 4.69) is 0 Å². The number of hydrogen-bond donors (Lipinski definition) is 0. The first kappa shape index (κ1) is 23.0. The van der Waals surface area contributed by atoms with Crippen molar-refractivity contribution in [1.29, 1.82) is 0 Å². The first-order valence-electron chi connectivity index (χ1n) is 11.4. The van der Waals surface area contributed by atoms with Gasteiger partial charge in [0, 0.05) is 30.3 Å². The average Bonchev–Trinajstić information content (AvgIpc) is 3.23. The van der Waals surface area contributed by atoms with Crippen LogP contribution in [-0.2, 0) is 29.4 Å². The fourth-order valence-corrected chi connectivity index (χ4v) is 4.78. The summed E-state index contributed by atoms with van der Waals surface area (Å²) in [5.74, 6) is -1.62. The Kier molecular flexibility index (Phi) is 5.76. The number of imide groups is 1. The van der Waals surface area contributed by atoms with E-state index >= 15 is 0 Å². The third-order valence-electron chi connectivity index (χ3n) is 6.69. The van der Waals surface area contributed by atoms with Crippen molar-refractivity contribution >= 4 is 29.4 Å². The molecule has 2 aliphatic heterocycles. The molecule has 0 radical (unpaired) electrons. The Morgan fingerprint density at radius 3 is 2.06 bits per heavy atom. The van der Waals surface area contributed by atoms with Gasteiger partial charge in [0.2, 0.25) is 0 Å². The highest BCUT2D eigenvalue weighted by Gasteiger charge is 2.41. The van der Waals surface area contributed by atoms with Crippen LogP contribution in [0.25, 0.3) is 0 Å². The van der Waals surface area contributed by atoms with E-state index in [0.29, 0.717) is 11.5 Å². The number of hydroxylamine groups is 2. The van der Waals surface area contributed by atoms with Crippen molar-refractivity contribution < 1.29 is 24.0 Å². The molecule has 3 amide bonds. The van der Waals surface area contributed by atoms with Crippen LogP contribution < -0.4 is 4.90 Å². The van der Waals surface area contributed by atoms with E-state index in [1.807, 2.05) is 44.2 Å². The predicted octanol–water partition coefficient (Wildman–Crippen LogP) is 4.33. The van der Waals surface area contributed by atoms with Crippen LogP contribution in [-0.4, -0.2) is 28.8 Å². The van der Waals surface area contributed by atoms with E-state index in [-0.39, 0.29) is 18.7 Å². The number of carbonyl (C=O) groups excluding carboxylic acids is 4. The number of benzene rings is 1. The maximum atomic E-state index is 12.8. The molecule has 0 N–H and O–H groups in total. The van der Waals surface area contributed by atoms with E-state index < -0.39 is 28.6 Å². The Balaban J connectivity index is 1.48. The Labute approximate surface area is 194 Å². The van der Waals surface area contributed by atoms with Crippen molar-refractivity contribution in [1.82, 2.24) is 5.06 Å². The van der Waals surface area contributed by atoms with Gasteiger partial charge in [0.25, 0.3) is 17.7 Å². The molecule has 1 aliphatic carbocycles. The Hall–Kier alpha value is -3.22. The maximum absolute atomic E-state index is 12.8. The summed E-state index contributed by atoms with van der Waals surface area (Å²) >= 11 is 0. The van der Waals surface area contributed by atoms with Crippen molar-refractivity contribution in [3.8, 4) is 0 Å². The van der Waals surface area contributed by atoms with Crippen molar-refractivity contribution in [2.24, 2.45) is 5.41 Å². The molecule has 1 aromatic rings. The first-order valence-corrected chi connectivity index (χ1v) is 11.4. The summed E-state index contributed by atoms with van der Waals surface area (Å²) in [5, 5.41) is 0.598. The number of nitrogens with zero attached hydrogens (tertiary/aromatic N) is 2. The minimum absolute atomic E-state index is 0.0358. The maximum Gasteiger partial charge on any atom is 0.338 e. The molecule has 174 valence electrons. The lowest BCUT2D eigenvalue weighted by atomic mass is 9.71. The molecule has 0 aromatic heterocycles. The standard InChI is InChI=1S/C26H30N2O5/c1-25(2,16-26(3,4)24(32)33-28-22(30)14-15-23(28)31)18-8-10-19(11-9-18)27-20(12-13-21(27)29)17-6-5-7-17/h8-13H,5-7,14-16H2,1-4H3. The van der Waals surface area contributed by atoms with Gasteiger partial charge >= 0.3 is 5.97 Å². The molecule has 2 fully saturated rings. The van der Waals surface area contributed by atoms with Gasteiger partial charge in [-0.1, -0.05) is 26.0 Å². The third kappa shape index (κ3) is 4.36. The summed E-state index contributed by atoms with van der Waals surface area (Å²) in [7, 11) is 0. The molecule has 1 saturated carbocycles. The molecular formula is C26H30N2O5. The summed E-state index contributed by atoms with van der Waals surface area (Å²) in [6.07, 6.45) is 7.33. The zero-order valence-electron chi connectivity index (χ0n) is 19.6. The highest BCUT2D eigenvalue weighted by Crippen LogP contribution is 2.40. The zero-order chi connectivity index (χ0) is 24.0. The summed E-state index contributed by atoms with van der Waals surface area (Å²) in [6.45, 7) is 7.57. The molecular weight excluding hydrogens is 420 g/mol. The molecule has 3 aliphatic rings. The molecule has 0 bridgehead atoms. The van der Waals surface area contributed by atoms with Gasteiger partial charge in [-0.3, -0.25) is 19.3 Å². The second-order valence-electron chi connectivity index (χ2n) is 10.3. The van der Waals surface area contributed by atoms with E-state index in [9.17, 15) is 19.2 Å². The van der Waals surface area contributed by atoms with Crippen molar-refractivity contribution in [3.05, 3.63) is 53.3 Å². The summed E-state index contributed by atoms with van der Waals surface area (Å²) in [6, 6.07) is 7.85. The number of rotatable bonds is 6. The van der Waals surface area contributed by atoms with Crippen LogP contribution in [0.5, 0.6) is 0 Å². The van der Waals surface area contributed by atoms with Gasteiger partial charge in [0.15, 0.2) is 0 Å². The molecule has 1 saturated heterocycles. The average molecular weight is 451 g/mol. The summed E-state index contributed by atoms with van der Waals surface area (Å²) in [5.41, 5.74) is 2.82. The minimum atomic E-state index is -0.929. The van der Waals surface area contributed by atoms with Crippen LogP contribution in [0, 0.1) is 5.41 Å². The molecule has 4 rings (SSSR count). The number of amides is 3. The monoisotopic (exact) mass is 450 g/mol. The van der Waals surface area contributed by atoms with E-state index in [1.165, 1.54) is 12.0 Å². The zero-order valence-corrected chi connectivity index (χ0v) is 19.6. The van der Waals surface area contributed by atoms with Crippen molar-refractivity contribution in [3.63, 3.8) is 0 Å². The van der Waals surface area contributed by atoms with E-state index in [4.69, 9.17) is 4.84 Å². The van der Waals surface area contributed by atoms with Gasteiger partial charge in [-0.2, -0.15) is 0 Å². The summed E-state index contributed by atoms with van der Waals surface area (Å²) < 4.78 is 0. The van der Waals surface area contributed by atoms with Gasteiger partial charge in [-0.05, 0) is 74.3 Å². The van der Waals surface area contributed by atoms with Crippen molar-refractivity contribution in [2.45, 2.75) is 71.6 Å². The number of allylic oxidation sites excluding steroid dienone is 2. The Morgan fingerprint density at radius 1 is 0.909 bits per heavy atom. The van der Waals surface area contributed by atoms with Gasteiger partial charge in [0.1, 0.15) is 0 Å². The first-order chi connectivity index (χ1) is 15.5. The molecule has 33 heavy (non-hydrogen) atoms. The number of hydrogen-bond acceptors (Lipinski definition) is 5. The quantitative estimate of drug-likeness (QED) is 0.603. The van der Waals surface area contributed by atoms with Gasteiger partial charge in [0.05, 0.1) is 5.41 Å². The van der Waals surface area contributed by atoms with Gasteiger partial charge in [-0.15, -0.1) is 5.06 Å². The molecule has 7 heteroatoms. The summed E-state index contributed by atoms with van der Waals surface area (Å²) in [4.78, 5) is 55.8.